The number of carbonyl (C=O) groups is 2. The van der Waals surface area contributed by atoms with Crippen LogP contribution in [0.2, 0.25) is 0 Å². The minimum absolute atomic E-state index is 0.195. The number of aliphatic hydroxyl groups excluding tert-OH is 2. The van der Waals surface area contributed by atoms with E-state index < -0.39 is 0 Å². The van der Waals surface area contributed by atoms with Crippen molar-refractivity contribution in [2.75, 3.05) is 26.4 Å². The molecule has 24 heavy (non-hydrogen) atoms. The monoisotopic (exact) mass is 344 g/mol. The molecule has 6 heteroatoms. The molecular formula is C18H32O6. The number of unbranched alkanes of at least 4 members (excludes halogenated alkanes) is 2. The molecule has 2 N–H and O–H groups in total. The lowest BCUT2D eigenvalue weighted by atomic mass is 10.3. The first-order valence-electron chi connectivity index (χ1n) is 7.85. The molecule has 0 unspecified atom stereocenters. The van der Waals surface area contributed by atoms with E-state index in [1.807, 2.05) is 6.92 Å². The van der Waals surface area contributed by atoms with Crippen molar-refractivity contribution >= 4 is 11.9 Å². The molecule has 0 spiro atoms. The zero-order chi connectivity index (χ0) is 19.2. The van der Waals surface area contributed by atoms with Crippen molar-refractivity contribution in [3.63, 3.8) is 0 Å². The van der Waals surface area contributed by atoms with Crippen molar-refractivity contribution in [1.82, 2.24) is 0 Å². The predicted molar refractivity (Wildman–Crippen MR) is 95.4 cm³/mol. The van der Waals surface area contributed by atoms with Crippen molar-refractivity contribution < 1.29 is 29.3 Å². The van der Waals surface area contributed by atoms with Crippen molar-refractivity contribution in [3.8, 4) is 0 Å². The van der Waals surface area contributed by atoms with Gasteiger partial charge in [0.15, 0.2) is 0 Å². The molecule has 0 saturated heterocycles. The molecule has 0 aromatic heterocycles. The molecule has 0 aromatic carbocycles. The third-order valence-electron chi connectivity index (χ3n) is 2.16. The second kappa shape index (κ2) is 23.3. The molecule has 0 rings (SSSR count). The van der Waals surface area contributed by atoms with Gasteiger partial charge in [-0.05, 0) is 26.2 Å². The van der Waals surface area contributed by atoms with Crippen molar-refractivity contribution in [1.29, 1.82) is 0 Å². The molecule has 0 amide bonds. The summed E-state index contributed by atoms with van der Waals surface area (Å²) in [5, 5.41) is 16.2. The molecule has 0 heterocycles. The van der Waals surface area contributed by atoms with Gasteiger partial charge in [-0.25, -0.2) is 9.59 Å². The number of hydrogen-bond acceptors (Lipinski definition) is 6. The normalized spacial score (nSPS) is 8.50. The third-order valence-corrected chi connectivity index (χ3v) is 2.16. The van der Waals surface area contributed by atoms with Crippen LogP contribution in [-0.2, 0) is 19.1 Å². The molecule has 0 bridgehead atoms. The van der Waals surface area contributed by atoms with Gasteiger partial charge in [-0.1, -0.05) is 39.2 Å². The Hall–Kier alpha value is -1.92. The van der Waals surface area contributed by atoms with Gasteiger partial charge in [0.05, 0.1) is 6.61 Å². The molecule has 6 nitrogen and oxygen atoms in total. The van der Waals surface area contributed by atoms with Crippen LogP contribution in [0.25, 0.3) is 0 Å². The number of ether oxygens (including phenoxy) is 2. The molecule has 0 atom stereocenters. The Morgan fingerprint density at radius 2 is 1.58 bits per heavy atom. The lowest BCUT2D eigenvalue weighted by Crippen LogP contribution is -2.03. The summed E-state index contributed by atoms with van der Waals surface area (Å²) in [6.45, 7) is 14.9. The first-order chi connectivity index (χ1) is 11.4. The van der Waals surface area contributed by atoms with Crippen LogP contribution < -0.4 is 0 Å². The number of rotatable bonds is 10. The molecule has 140 valence electrons. The Bertz CT molecular complexity index is 345. The number of carbonyl (C=O) groups excluding carboxylic acids is 2. The Kier molecular flexibility index (Phi) is 26.2. The maximum atomic E-state index is 10.5. The van der Waals surface area contributed by atoms with Crippen molar-refractivity contribution in [2.45, 2.75) is 39.5 Å². The van der Waals surface area contributed by atoms with E-state index >= 15 is 0 Å². The molecule has 0 saturated carbocycles. The summed E-state index contributed by atoms with van der Waals surface area (Å²) in [5.41, 5.74) is 0.414. The highest BCUT2D eigenvalue weighted by atomic mass is 16.5. The molecule has 0 aromatic rings. The summed E-state index contributed by atoms with van der Waals surface area (Å²) in [7, 11) is 0. The van der Waals surface area contributed by atoms with E-state index in [9.17, 15) is 9.59 Å². The van der Waals surface area contributed by atoms with E-state index in [2.05, 4.69) is 29.2 Å². The second-order valence-corrected chi connectivity index (χ2v) is 4.55. The fourth-order valence-electron chi connectivity index (χ4n) is 0.857. The molecule has 0 aliphatic heterocycles. The van der Waals surface area contributed by atoms with Gasteiger partial charge in [0, 0.05) is 24.9 Å². The zero-order valence-electron chi connectivity index (χ0n) is 15.0. The zero-order valence-corrected chi connectivity index (χ0v) is 15.0. The van der Waals surface area contributed by atoms with Gasteiger partial charge < -0.3 is 19.7 Å². The average molecular weight is 344 g/mol. The summed E-state index contributed by atoms with van der Waals surface area (Å²) in [5.74, 6) is -0.696. The van der Waals surface area contributed by atoms with E-state index in [0.717, 1.165) is 25.7 Å². The Balaban J connectivity index is -0.000000282. The maximum absolute atomic E-state index is 10.5. The fraction of sp³-hybridized carbons (Fsp3) is 0.556. The van der Waals surface area contributed by atoms with Crippen molar-refractivity contribution in [3.05, 3.63) is 37.5 Å². The minimum Gasteiger partial charge on any atom is -0.463 e. The summed E-state index contributed by atoms with van der Waals surface area (Å²) < 4.78 is 9.27. The topological polar surface area (TPSA) is 93.1 Å². The van der Waals surface area contributed by atoms with Crippen LogP contribution in [0.5, 0.6) is 0 Å². The van der Waals surface area contributed by atoms with Gasteiger partial charge in [-0.3, -0.25) is 0 Å². The summed E-state index contributed by atoms with van der Waals surface area (Å²) in [4.78, 5) is 20.9. The molecular weight excluding hydrogens is 312 g/mol. The van der Waals surface area contributed by atoms with Gasteiger partial charge in [0.2, 0.25) is 0 Å². The number of aliphatic hydroxyl groups is 2. The average Bonchev–Trinajstić information content (AvgIpc) is 2.58. The summed E-state index contributed by atoms with van der Waals surface area (Å²) >= 11 is 0. The SMILES string of the molecule is C=CC(=O)OCCCC.C=CCOC(=O)C(=C)C.OCCCCO. The van der Waals surface area contributed by atoms with E-state index in [1.54, 1.807) is 6.92 Å². The van der Waals surface area contributed by atoms with Gasteiger partial charge in [0.25, 0.3) is 0 Å². The molecule has 0 radical (unpaired) electrons. The number of esters is 2. The van der Waals surface area contributed by atoms with Crippen LogP contribution in [0, 0.1) is 0 Å². The van der Waals surface area contributed by atoms with Crippen LogP contribution in [0.3, 0.4) is 0 Å². The predicted octanol–water partition coefficient (Wildman–Crippen LogP) is 2.56. The summed E-state index contributed by atoms with van der Waals surface area (Å²) in [6.07, 6.45) is 6.10. The maximum Gasteiger partial charge on any atom is 0.333 e. The third kappa shape index (κ3) is 28.3. The van der Waals surface area contributed by atoms with E-state index in [-0.39, 0.29) is 31.8 Å². The van der Waals surface area contributed by atoms with Crippen molar-refractivity contribution in [2.24, 2.45) is 0 Å². The molecule has 0 fully saturated rings. The van der Waals surface area contributed by atoms with Gasteiger partial charge in [-0.15, -0.1) is 0 Å². The lowest BCUT2D eigenvalue weighted by molar-refractivity contribution is -0.138. The smallest absolute Gasteiger partial charge is 0.333 e. The van der Waals surface area contributed by atoms with Crippen LogP contribution >= 0.6 is 0 Å². The quantitative estimate of drug-likeness (QED) is 0.274. The summed E-state index contributed by atoms with van der Waals surface area (Å²) in [6, 6.07) is 0. The highest BCUT2D eigenvalue weighted by Crippen LogP contribution is 1.90. The highest BCUT2D eigenvalue weighted by molar-refractivity contribution is 5.86. The van der Waals surface area contributed by atoms with Crippen LogP contribution in [0.15, 0.2) is 37.5 Å². The standard InChI is InChI=1S/C7H10O2.C7H12O2.C4H10O2/c1-4-5-9-7(8)6(2)3;1-3-5-6-9-7(8)4-2;5-3-1-2-4-6/h4H,1-2,5H2,3H3;4H,2-3,5-6H2,1H3;5-6H,1-4H2. The fourth-order valence-corrected chi connectivity index (χ4v) is 0.857. The molecule has 0 aliphatic carbocycles. The van der Waals surface area contributed by atoms with Gasteiger partial charge in [-0.2, -0.15) is 0 Å². The second-order valence-electron chi connectivity index (χ2n) is 4.55. The van der Waals surface area contributed by atoms with Gasteiger partial charge >= 0.3 is 11.9 Å². The highest BCUT2D eigenvalue weighted by Gasteiger charge is 1.98. The van der Waals surface area contributed by atoms with E-state index in [1.165, 1.54) is 12.2 Å². The van der Waals surface area contributed by atoms with Crippen LogP contribution in [-0.4, -0.2) is 48.6 Å². The Labute approximate surface area is 145 Å². The van der Waals surface area contributed by atoms with Crippen LogP contribution in [0.1, 0.15) is 39.5 Å². The lowest BCUT2D eigenvalue weighted by Gasteiger charge is -1.97. The Morgan fingerprint density at radius 3 is 1.92 bits per heavy atom. The first-order valence-corrected chi connectivity index (χ1v) is 7.85. The Morgan fingerprint density at radius 1 is 1.04 bits per heavy atom. The van der Waals surface area contributed by atoms with E-state index in [0.29, 0.717) is 12.2 Å². The number of hydrogen-bond donors (Lipinski definition) is 2. The van der Waals surface area contributed by atoms with Crippen LogP contribution in [0.4, 0.5) is 0 Å². The molecule has 0 aliphatic rings. The largest absolute Gasteiger partial charge is 0.463 e. The first kappa shape index (κ1) is 27.0. The van der Waals surface area contributed by atoms with E-state index in [4.69, 9.17) is 10.2 Å². The van der Waals surface area contributed by atoms with Gasteiger partial charge in [0.1, 0.15) is 6.61 Å². The minimum atomic E-state index is -0.366.